The molecule has 23 heavy (non-hydrogen) atoms. The molecule has 0 spiro atoms. The van der Waals surface area contributed by atoms with Crippen molar-refractivity contribution >= 4 is 27.2 Å². The summed E-state index contributed by atoms with van der Waals surface area (Å²) in [5.41, 5.74) is 0.272. The van der Waals surface area contributed by atoms with E-state index < -0.39 is 5.82 Å². The molecule has 4 aromatic rings. The highest BCUT2D eigenvalue weighted by Crippen LogP contribution is 2.10. The fourth-order valence-electron chi connectivity index (χ4n) is 2.39. The maximum atomic E-state index is 13.2. The summed E-state index contributed by atoms with van der Waals surface area (Å²) in [6.07, 6.45) is 2.99. The molecule has 0 saturated carbocycles. The number of fused-ring (bicyclic) bond motifs is 2. The van der Waals surface area contributed by atoms with Gasteiger partial charge in [0.05, 0.1) is 29.5 Å². The maximum absolute atomic E-state index is 13.2. The largest absolute Gasteiger partial charge is 0.293 e. The highest BCUT2D eigenvalue weighted by molar-refractivity contribution is 7.15. The highest BCUT2D eigenvalue weighted by Gasteiger charge is 2.08. The molecule has 0 unspecified atom stereocenters. The van der Waals surface area contributed by atoms with Crippen LogP contribution in [0.4, 0.5) is 4.39 Å². The molecule has 1 aromatic carbocycles. The van der Waals surface area contributed by atoms with Crippen LogP contribution in [-0.2, 0) is 6.54 Å². The summed E-state index contributed by atoms with van der Waals surface area (Å²) in [7, 11) is 0. The predicted molar refractivity (Wildman–Crippen MR) is 84.4 cm³/mol. The lowest BCUT2D eigenvalue weighted by Crippen LogP contribution is -2.23. The molecule has 0 aliphatic carbocycles. The van der Waals surface area contributed by atoms with Crippen LogP contribution in [0.5, 0.6) is 0 Å². The van der Waals surface area contributed by atoms with Gasteiger partial charge in [-0.2, -0.15) is 0 Å². The van der Waals surface area contributed by atoms with Crippen molar-refractivity contribution in [2.24, 2.45) is 0 Å². The van der Waals surface area contributed by atoms with Crippen molar-refractivity contribution in [1.29, 1.82) is 0 Å². The van der Waals surface area contributed by atoms with Gasteiger partial charge in [0.2, 0.25) is 0 Å². The van der Waals surface area contributed by atoms with Gasteiger partial charge in [-0.05, 0) is 12.1 Å². The minimum Gasteiger partial charge on any atom is -0.293 e. The second-order valence-corrected chi connectivity index (χ2v) is 5.85. The van der Waals surface area contributed by atoms with Crippen LogP contribution in [0.1, 0.15) is 5.69 Å². The van der Waals surface area contributed by atoms with E-state index in [9.17, 15) is 14.0 Å². The first-order valence-corrected chi connectivity index (χ1v) is 7.60. The summed E-state index contributed by atoms with van der Waals surface area (Å²) >= 11 is 1.34. The van der Waals surface area contributed by atoms with E-state index >= 15 is 0 Å². The van der Waals surface area contributed by atoms with Gasteiger partial charge >= 0.3 is 0 Å². The van der Waals surface area contributed by atoms with E-state index in [2.05, 4.69) is 9.97 Å². The first-order valence-electron chi connectivity index (χ1n) is 6.72. The molecule has 0 saturated heterocycles. The molecule has 0 amide bonds. The first kappa shape index (κ1) is 13.8. The average molecular weight is 328 g/mol. The van der Waals surface area contributed by atoms with Crippen molar-refractivity contribution in [3.63, 3.8) is 0 Å². The topological polar surface area (TPSA) is 69.3 Å². The Hall–Kier alpha value is -2.87. The molecule has 0 aliphatic rings. The number of hydrogen-bond acceptors (Lipinski definition) is 5. The summed E-state index contributed by atoms with van der Waals surface area (Å²) in [5, 5.41) is 2.09. The number of halogens is 1. The van der Waals surface area contributed by atoms with Crippen LogP contribution in [-0.4, -0.2) is 18.9 Å². The molecule has 114 valence electrons. The molecule has 6 nitrogen and oxygen atoms in total. The monoisotopic (exact) mass is 328 g/mol. The van der Waals surface area contributed by atoms with Gasteiger partial charge in [0, 0.05) is 23.7 Å². The number of hydrogen-bond donors (Lipinski definition) is 0. The third-order valence-corrected chi connectivity index (χ3v) is 4.23. The van der Waals surface area contributed by atoms with Crippen LogP contribution in [0.15, 0.2) is 51.8 Å². The van der Waals surface area contributed by atoms with Crippen LogP contribution in [0.25, 0.3) is 15.9 Å². The molecule has 0 aliphatic heterocycles. The Bertz CT molecular complexity index is 1160. The number of benzene rings is 1. The third-order valence-electron chi connectivity index (χ3n) is 3.48. The van der Waals surface area contributed by atoms with Gasteiger partial charge in [-0.3, -0.25) is 18.6 Å². The molecule has 0 radical (unpaired) electrons. The smallest absolute Gasteiger partial charge is 0.261 e. The van der Waals surface area contributed by atoms with Gasteiger partial charge in [-0.1, -0.05) is 0 Å². The molecule has 0 atom stereocenters. The fraction of sp³-hybridized carbons (Fsp3) is 0.0667. The third kappa shape index (κ3) is 2.33. The van der Waals surface area contributed by atoms with E-state index in [0.717, 1.165) is 0 Å². The molecule has 4 rings (SSSR count). The van der Waals surface area contributed by atoms with Crippen molar-refractivity contribution < 1.29 is 4.39 Å². The number of rotatable bonds is 2. The van der Waals surface area contributed by atoms with Crippen molar-refractivity contribution in [3.8, 4) is 0 Å². The van der Waals surface area contributed by atoms with E-state index in [-0.39, 0.29) is 17.7 Å². The second-order valence-electron chi connectivity index (χ2n) is 4.98. The zero-order valence-corrected chi connectivity index (χ0v) is 12.5. The minimum absolute atomic E-state index is 0.128. The molecular formula is C15H9FN4O2S. The normalized spacial score (nSPS) is 11.3. The lowest BCUT2D eigenvalue weighted by Gasteiger charge is -2.06. The van der Waals surface area contributed by atoms with Gasteiger partial charge in [0.25, 0.3) is 11.1 Å². The Morgan fingerprint density at radius 2 is 2.09 bits per heavy atom. The van der Waals surface area contributed by atoms with Crippen LogP contribution in [0.3, 0.4) is 0 Å². The second kappa shape index (κ2) is 5.10. The van der Waals surface area contributed by atoms with Gasteiger partial charge < -0.3 is 0 Å². The zero-order chi connectivity index (χ0) is 16.0. The molecular weight excluding hydrogens is 319 g/mol. The van der Waals surface area contributed by atoms with Crippen LogP contribution in [0.2, 0.25) is 0 Å². The zero-order valence-electron chi connectivity index (χ0n) is 11.6. The standard InChI is InChI=1S/C15H9FN4O2S/c16-9-1-2-11-12(5-9)17-8-19(14(11)22)7-10-6-13(21)20-3-4-23-15(20)18-10/h1-6,8H,7H2. The van der Waals surface area contributed by atoms with Gasteiger partial charge in [-0.25, -0.2) is 14.4 Å². The van der Waals surface area contributed by atoms with Crippen LogP contribution in [0, 0.1) is 5.82 Å². The number of thiazole rings is 1. The lowest BCUT2D eigenvalue weighted by molar-refractivity contribution is 0.629. The Morgan fingerprint density at radius 3 is 2.96 bits per heavy atom. The van der Waals surface area contributed by atoms with E-state index in [0.29, 0.717) is 21.6 Å². The van der Waals surface area contributed by atoms with E-state index in [1.165, 1.54) is 50.9 Å². The van der Waals surface area contributed by atoms with Crippen molar-refractivity contribution in [1.82, 2.24) is 18.9 Å². The summed E-state index contributed by atoms with van der Waals surface area (Å²) in [6, 6.07) is 5.23. The van der Waals surface area contributed by atoms with Crippen molar-refractivity contribution in [3.05, 3.63) is 74.4 Å². The highest BCUT2D eigenvalue weighted by atomic mass is 32.1. The Labute approximate surface area is 132 Å². The Balaban J connectivity index is 1.82. The summed E-state index contributed by atoms with van der Waals surface area (Å²) in [5.74, 6) is -0.444. The average Bonchev–Trinajstić information content (AvgIpc) is 2.99. The summed E-state index contributed by atoms with van der Waals surface area (Å²) in [6.45, 7) is 0.128. The Morgan fingerprint density at radius 1 is 1.22 bits per heavy atom. The summed E-state index contributed by atoms with van der Waals surface area (Å²) in [4.78, 5) is 33.4. The molecule has 8 heteroatoms. The lowest BCUT2D eigenvalue weighted by atomic mass is 10.2. The maximum Gasteiger partial charge on any atom is 0.261 e. The minimum atomic E-state index is -0.444. The van der Waals surface area contributed by atoms with Crippen molar-refractivity contribution in [2.45, 2.75) is 6.54 Å². The van der Waals surface area contributed by atoms with E-state index in [1.54, 1.807) is 11.6 Å². The van der Waals surface area contributed by atoms with Gasteiger partial charge in [-0.15, -0.1) is 11.3 Å². The van der Waals surface area contributed by atoms with E-state index in [1.807, 2.05) is 0 Å². The molecule has 0 N–H and O–H groups in total. The molecule has 3 heterocycles. The van der Waals surface area contributed by atoms with Crippen LogP contribution >= 0.6 is 11.3 Å². The molecule has 0 bridgehead atoms. The van der Waals surface area contributed by atoms with Gasteiger partial charge in [0.15, 0.2) is 4.96 Å². The first-order chi connectivity index (χ1) is 11.1. The van der Waals surface area contributed by atoms with Crippen molar-refractivity contribution in [2.75, 3.05) is 0 Å². The number of nitrogens with zero attached hydrogens (tertiary/aromatic N) is 4. The quantitative estimate of drug-likeness (QED) is 0.561. The van der Waals surface area contributed by atoms with Crippen LogP contribution < -0.4 is 11.1 Å². The Kier molecular flexibility index (Phi) is 3.05. The fourth-order valence-corrected chi connectivity index (χ4v) is 3.13. The van der Waals surface area contributed by atoms with E-state index in [4.69, 9.17) is 0 Å². The molecule has 3 aromatic heterocycles. The SMILES string of the molecule is O=c1c2ccc(F)cc2ncn1Cc1cc(=O)n2ccsc2n1. The predicted octanol–water partition coefficient (Wildman–Crippen LogP) is 1.65. The van der Waals surface area contributed by atoms with Gasteiger partial charge in [0.1, 0.15) is 5.82 Å². The summed E-state index contributed by atoms with van der Waals surface area (Å²) < 4.78 is 16.0. The molecule has 0 fully saturated rings. The number of aromatic nitrogens is 4.